The first kappa shape index (κ1) is 14.7. The third-order valence-corrected chi connectivity index (χ3v) is 4.54. The molecule has 0 bridgehead atoms. The smallest absolute Gasteiger partial charge is 0.237 e. The van der Waals surface area contributed by atoms with E-state index in [2.05, 4.69) is 10.3 Å². The summed E-state index contributed by atoms with van der Waals surface area (Å²) < 4.78 is 1.99. The average Bonchev–Trinajstić information content (AvgIpc) is 2.93. The monoisotopic (exact) mass is 311 g/mol. The van der Waals surface area contributed by atoms with E-state index < -0.39 is 0 Å². The minimum absolute atomic E-state index is 0.0213. The number of carbonyl (C=O) groups excluding carboxylic acids is 1. The summed E-state index contributed by atoms with van der Waals surface area (Å²) in [6.45, 7) is 3.87. The summed E-state index contributed by atoms with van der Waals surface area (Å²) in [7, 11) is 0. The van der Waals surface area contributed by atoms with Gasteiger partial charge in [0.25, 0.3) is 0 Å². The largest absolute Gasteiger partial charge is 0.325 e. The molecule has 0 fully saturated rings. The highest BCUT2D eigenvalue weighted by molar-refractivity contribution is 8.00. The van der Waals surface area contributed by atoms with Crippen LogP contribution in [0.2, 0.25) is 0 Å². The number of aryl methyl sites for hydroxylation is 1. The summed E-state index contributed by atoms with van der Waals surface area (Å²) in [6, 6.07) is 13.7. The van der Waals surface area contributed by atoms with E-state index in [1.807, 2.05) is 73.1 Å². The molecule has 2 aromatic heterocycles. The third kappa shape index (κ3) is 2.99. The van der Waals surface area contributed by atoms with E-state index in [0.717, 1.165) is 21.9 Å². The Hall–Kier alpha value is -2.27. The number of imidazole rings is 1. The van der Waals surface area contributed by atoms with Gasteiger partial charge < -0.3 is 5.32 Å². The topological polar surface area (TPSA) is 46.4 Å². The van der Waals surface area contributed by atoms with Crippen molar-refractivity contribution in [2.45, 2.75) is 24.3 Å². The van der Waals surface area contributed by atoms with Crippen LogP contribution in [0.4, 0.5) is 5.69 Å². The Morgan fingerprint density at radius 2 is 2.00 bits per heavy atom. The van der Waals surface area contributed by atoms with Gasteiger partial charge in [0.05, 0.1) is 17.0 Å². The lowest BCUT2D eigenvalue weighted by molar-refractivity contribution is -0.115. The Labute approximate surface area is 133 Å². The molecule has 1 atom stereocenters. The van der Waals surface area contributed by atoms with E-state index in [1.165, 1.54) is 11.8 Å². The summed E-state index contributed by atoms with van der Waals surface area (Å²) in [5.41, 5.74) is 2.93. The Balaban J connectivity index is 1.73. The molecule has 0 aliphatic carbocycles. The number of nitrogens with zero attached hydrogens (tertiary/aromatic N) is 2. The molecule has 0 spiro atoms. The highest BCUT2D eigenvalue weighted by Crippen LogP contribution is 2.24. The van der Waals surface area contributed by atoms with Gasteiger partial charge in [0.1, 0.15) is 0 Å². The van der Waals surface area contributed by atoms with Gasteiger partial charge >= 0.3 is 0 Å². The standard InChI is InChI=1S/C17H17N3OS/c1-12-7-3-4-9-15(12)19-16(21)13(2)22-17-18-11-14-8-5-6-10-20(14)17/h3-11,13H,1-2H3,(H,19,21). The van der Waals surface area contributed by atoms with Gasteiger partial charge in [0.15, 0.2) is 5.16 Å². The van der Waals surface area contributed by atoms with Crippen LogP contribution in [-0.4, -0.2) is 20.5 Å². The lowest BCUT2D eigenvalue weighted by Gasteiger charge is -2.12. The molecule has 112 valence electrons. The number of benzene rings is 1. The lowest BCUT2D eigenvalue weighted by atomic mass is 10.2. The predicted molar refractivity (Wildman–Crippen MR) is 90.3 cm³/mol. The van der Waals surface area contributed by atoms with Gasteiger partial charge in [-0.05, 0) is 37.6 Å². The predicted octanol–water partition coefficient (Wildman–Crippen LogP) is 3.76. The number of pyridine rings is 1. The van der Waals surface area contributed by atoms with E-state index in [-0.39, 0.29) is 11.2 Å². The molecule has 1 amide bonds. The van der Waals surface area contributed by atoms with Gasteiger partial charge in [-0.25, -0.2) is 4.98 Å². The minimum atomic E-state index is -0.231. The summed E-state index contributed by atoms with van der Waals surface area (Å²) in [4.78, 5) is 16.7. The highest BCUT2D eigenvalue weighted by atomic mass is 32.2. The van der Waals surface area contributed by atoms with Crippen LogP contribution >= 0.6 is 11.8 Å². The van der Waals surface area contributed by atoms with Crippen LogP contribution in [0.15, 0.2) is 60.0 Å². The lowest BCUT2D eigenvalue weighted by Crippen LogP contribution is -2.23. The molecule has 3 aromatic rings. The van der Waals surface area contributed by atoms with Gasteiger partial charge in [-0.15, -0.1) is 0 Å². The van der Waals surface area contributed by atoms with Crippen LogP contribution in [0.5, 0.6) is 0 Å². The zero-order chi connectivity index (χ0) is 15.5. The number of amides is 1. The maximum atomic E-state index is 12.4. The average molecular weight is 311 g/mol. The van der Waals surface area contributed by atoms with Crippen LogP contribution < -0.4 is 5.32 Å². The van der Waals surface area contributed by atoms with Gasteiger partial charge in [-0.1, -0.05) is 36.0 Å². The Kier molecular flexibility index (Phi) is 4.15. The van der Waals surface area contributed by atoms with Gasteiger partial charge in [-0.3, -0.25) is 9.20 Å². The van der Waals surface area contributed by atoms with Crippen LogP contribution in [-0.2, 0) is 4.79 Å². The normalized spacial score (nSPS) is 12.3. The number of hydrogen-bond acceptors (Lipinski definition) is 3. The molecular formula is C17H17N3OS. The zero-order valence-electron chi connectivity index (χ0n) is 12.5. The van der Waals surface area contributed by atoms with E-state index in [1.54, 1.807) is 0 Å². The van der Waals surface area contributed by atoms with Crippen molar-refractivity contribution >= 4 is 28.9 Å². The molecule has 1 N–H and O–H groups in total. The van der Waals surface area contributed by atoms with Gasteiger partial charge in [0.2, 0.25) is 5.91 Å². The molecule has 5 heteroatoms. The Bertz CT molecular complexity index is 812. The summed E-state index contributed by atoms with van der Waals surface area (Å²) in [5, 5.41) is 3.56. The van der Waals surface area contributed by atoms with Crippen molar-refractivity contribution < 1.29 is 4.79 Å². The summed E-state index contributed by atoms with van der Waals surface area (Å²) in [6.07, 6.45) is 3.77. The zero-order valence-corrected chi connectivity index (χ0v) is 13.3. The number of carbonyl (C=O) groups is 1. The molecule has 4 nitrogen and oxygen atoms in total. The van der Waals surface area contributed by atoms with Crippen molar-refractivity contribution in [2.75, 3.05) is 5.32 Å². The first-order valence-electron chi connectivity index (χ1n) is 7.10. The summed E-state index contributed by atoms with van der Waals surface area (Å²) >= 11 is 1.45. The molecule has 0 aliphatic rings. The van der Waals surface area contributed by atoms with E-state index in [4.69, 9.17) is 0 Å². The summed E-state index contributed by atoms with van der Waals surface area (Å²) in [5.74, 6) is -0.0213. The van der Waals surface area contributed by atoms with Gasteiger partial charge in [-0.2, -0.15) is 0 Å². The second kappa shape index (κ2) is 6.23. The molecule has 0 aliphatic heterocycles. The first-order valence-corrected chi connectivity index (χ1v) is 7.98. The molecule has 1 unspecified atom stereocenters. The maximum absolute atomic E-state index is 12.4. The number of aromatic nitrogens is 2. The molecule has 0 radical (unpaired) electrons. The van der Waals surface area contributed by atoms with E-state index in [9.17, 15) is 4.79 Å². The quantitative estimate of drug-likeness (QED) is 0.746. The van der Waals surface area contributed by atoms with Crippen molar-refractivity contribution in [1.29, 1.82) is 0 Å². The molecular weight excluding hydrogens is 294 g/mol. The Morgan fingerprint density at radius 1 is 1.23 bits per heavy atom. The van der Waals surface area contributed by atoms with Crippen LogP contribution in [0, 0.1) is 6.92 Å². The van der Waals surface area contributed by atoms with Crippen molar-refractivity contribution in [3.05, 3.63) is 60.4 Å². The number of para-hydroxylation sites is 1. The number of anilines is 1. The Morgan fingerprint density at radius 3 is 2.82 bits per heavy atom. The molecule has 0 saturated heterocycles. The molecule has 22 heavy (non-hydrogen) atoms. The molecule has 1 aromatic carbocycles. The number of fused-ring (bicyclic) bond motifs is 1. The number of rotatable bonds is 4. The number of nitrogens with one attached hydrogen (secondary N) is 1. The number of thioether (sulfide) groups is 1. The highest BCUT2D eigenvalue weighted by Gasteiger charge is 2.17. The van der Waals surface area contributed by atoms with Crippen LogP contribution in [0.25, 0.3) is 5.52 Å². The second-order valence-corrected chi connectivity index (χ2v) is 6.41. The molecule has 0 saturated carbocycles. The molecule has 2 heterocycles. The van der Waals surface area contributed by atoms with Crippen molar-refractivity contribution in [2.24, 2.45) is 0 Å². The second-order valence-electron chi connectivity index (χ2n) is 5.10. The van der Waals surface area contributed by atoms with Crippen molar-refractivity contribution in [3.63, 3.8) is 0 Å². The fourth-order valence-electron chi connectivity index (χ4n) is 2.17. The number of hydrogen-bond donors (Lipinski definition) is 1. The fourth-order valence-corrected chi connectivity index (χ4v) is 3.04. The van der Waals surface area contributed by atoms with E-state index in [0.29, 0.717) is 0 Å². The SMILES string of the molecule is Cc1ccccc1NC(=O)C(C)Sc1ncc2ccccn12. The third-order valence-electron chi connectivity index (χ3n) is 3.46. The van der Waals surface area contributed by atoms with Crippen LogP contribution in [0.3, 0.4) is 0 Å². The van der Waals surface area contributed by atoms with E-state index >= 15 is 0 Å². The van der Waals surface area contributed by atoms with Gasteiger partial charge in [0, 0.05) is 11.9 Å². The fraction of sp³-hybridized carbons (Fsp3) is 0.176. The first-order chi connectivity index (χ1) is 10.6. The minimum Gasteiger partial charge on any atom is -0.325 e. The molecule has 3 rings (SSSR count). The maximum Gasteiger partial charge on any atom is 0.237 e. The van der Waals surface area contributed by atoms with Crippen molar-refractivity contribution in [3.8, 4) is 0 Å². The van der Waals surface area contributed by atoms with Crippen LogP contribution in [0.1, 0.15) is 12.5 Å². The van der Waals surface area contributed by atoms with Crippen molar-refractivity contribution in [1.82, 2.24) is 9.38 Å².